The predicted molar refractivity (Wildman–Crippen MR) is 151 cm³/mol. The summed E-state index contributed by atoms with van der Waals surface area (Å²) in [4.78, 5) is 50.8. The Morgan fingerprint density at radius 2 is 1.79 bits per heavy atom. The van der Waals surface area contributed by atoms with Crippen LogP contribution >= 0.6 is 39.1 Å². The van der Waals surface area contributed by atoms with Crippen LogP contribution in [0.15, 0.2) is 60.4 Å². The number of benzene rings is 1. The van der Waals surface area contributed by atoms with Crippen LogP contribution in [0.4, 0.5) is 5.69 Å². The van der Waals surface area contributed by atoms with Crippen LogP contribution in [0.1, 0.15) is 48.0 Å². The number of hydrogen-bond donors (Lipinski definition) is 2. The molecule has 2 saturated carbocycles. The molecule has 3 aromatic rings. The van der Waals surface area contributed by atoms with Gasteiger partial charge in [-0.05, 0) is 30.5 Å². The molecule has 1 unspecified atom stereocenters. The third kappa shape index (κ3) is 4.90. The number of Topliss-reactive ketones (excluding diaryl/α,β-unsaturated/α-hetero) is 1. The highest BCUT2D eigenvalue weighted by molar-refractivity contribution is 9.10. The summed E-state index contributed by atoms with van der Waals surface area (Å²) in [6.45, 7) is 0. The van der Waals surface area contributed by atoms with Crippen LogP contribution in [0.3, 0.4) is 0 Å². The van der Waals surface area contributed by atoms with Crippen LogP contribution in [-0.4, -0.2) is 47.8 Å². The fraction of sp³-hybridized carbons (Fsp3) is 0.333. The fourth-order valence-electron chi connectivity index (χ4n) is 5.39. The molecule has 2 N–H and O–H groups in total. The lowest BCUT2D eigenvalue weighted by atomic mass is 9.58. The SMILES string of the molecule is O=C(Nc1ccc(C[C@@](N=C2C(Br)C(=O)C23CCCCC3)(C(=O)O)n2ccnc2)cc1)c1c(Cl)cncc1Cl. The quantitative estimate of drug-likeness (QED) is 0.329. The van der Waals surface area contributed by atoms with Crippen molar-refractivity contribution in [2.24, 2.45) is 10.4 Å². The first-order valence-electron chi connectivity index (χ1n) is 12.4. The predicted octanol–water partition coefficient (Wildman–Crippen LogP) is 5.56. The molecule has 2 atom stereocenters. The minimum Gasteiger partial charge on any atom is -0.478 e. The Morgan fingerprint density at radius 3 is 2.38 bits per heavy atom. The highest BCUT2D eigenvalue weighted by Crippen LogP contribution is 2.50. The molecular weight excluding hydrogens is 609 g/mol. The molecule has 1 spiro atoms. The van der Waals surface area contributed by atoms with Gasteiger partial charge in [-0.15, -0.1) is 0 Å². The van der Waals surface area contributed by atoms with Gasteiger partial charge < -0.3 is 15.0 Å². The minimum absolute atomic E-state index is 0.0115. The highest BCUT2D eigenvalue weighted by Gasteiger charge is 2.60. The summed E-state index contributed by atoms with van der Waals surface area (Å²) < 4.78 is 1.46. The van der Waals surface area contributed by atoms with Gasteiger partial charge >= 0.3 is 5.97 Å². The zero-order chi connectivity index (χ0) is 27.8. The molecule has 9 nitrogen and oxygen atoms in total. The second kappa shape index (κ2) is 10.8. The second-order valence-corrected chi connectivity index (χ2v) is 11.5. The average molecular weight is 633 g/mol. The topological polar surface area (TPSA) is 127 Å². The van der Waals surface area contributed by atoms with Crippen molar-refractivity contribution >= 4 is 68.2 Å². The summed E-state index contributed by atoms with van der Waals surface area (Å²) in [6.07, 6.45) is 11.3. The van der Waals surface area contributed by atoms with Gasteiger partial charge in [-0.3, -0.25) is 19.6 Å². The number of carboxylic acid groups (broad SMARTS) is 1. The number of pyridine rings is 1. The number of nitrogens with zero attached hydrogens (tertiary/aromatic N) is 4. The number of anilines is 1. The normalized spacial score (nSPS) is 20.8. The van der Waals surface area contributed by atoms with Crippen LogP contribution in [0.2, 0.25) is 10.0 Å². The molecule has 5 rings (SSSR count). The molecule has 0 saturated heterocycles. The number of carbonyl (C=O) groups excluding carboxylic acids is 2. The lowest BCUT2D eigenvalue weighted by Crippen LogP contribution is -2.62. The summed E-state index contributed by atoms with van der Waals surface area (Å²) in [7, 11) is 0. The van der Waals surface area contributed by atoms with Gasteiger partial charge in [0.2, 0.25) is 5.66 Å². The van der Waals surface area contributed by atoms with Gasteiger partial charge in [-0.2, -0.15) is 0 Å². The van der Waals surface area contributed by atoms with Gasteiger partial charge in [0.1, 0.15) is 4.83 Å². The van der Waals surface area contributed by atoms with E-state index in [4.69, 9.17) is 28.2 Å². The van der Waals surface area contributed by atoms with Gasteiger partial charge in [0.15, 0.2) is 5.78 Å². The zero-order valence-corrected chi connectivity index (χ0v) is 23.7. The number of imidazole rings is 1. The minimum atomic E-state index is -1.76. The highest BCUT2D eigenvalue weighted by atomic mass is 79.9. The number of aromatic nitrogens is 3. The van der Waals surface area contributed by atoms with E-state index >= 15 is 0 Å². The van der Waals surface area contributed by atoms with Crippen LogP contribution in [0.5, 0.6) is 0 Å². The fourth-order valence-corrected chi connectivity index (χ4v) is 6.91. The maximum Gasteiger partial charge on any atom is 0.353 e. The van der Waals surface area contributed by atoms with Gasteiger partial charge in [0, 0.05) is 36.9 Å². The third-order valence-corrected chi connectivity index (χ3v) is 8.88. The molecule has 2 aliphatic rings. The summed E-state index contributed by atoms with van der Waals surface area (Å²) in [6, 6.07) is 6.75. The van der Waals surface area contributed by atoms with Crippen molar-refractivity contribution in [2.75, 3.05) is 5.32 Å². The van der Waals surface area contributed by atoms with Gasteiger partial charge in [0.05, 0.1) is 33.1 Å². The van der Waals surface area contributed by atoms with Crippen molar-refractivity contribution in [1.29, 1.82) is 0 Å². The zero-order valence-electron chi connectivity index (χ0n) is 20.6. The second-order valence-electron chi connectivity index (χ2n) is 9.76. The largest absolute Gasteiger partial charge is 0.478 e. The number of ketones is 1. The number of halogens is 3. The summed E-state index contributed by atoms with van der Waals surface area (Å²) in [5.74, 6) is -1.60. The molecule has 0 radical (unpaired) electrons. The van der Waals surface area contributed by atoms with Crippen molar-refractivity contribution < 1.29 is 19.5 Å². The number of rotatable bonds is 7. The number of nitrogens with one attached hydrogen (secondary N) is 1. The van der Waals surface area contributed by atoms with Crippen molar-refractivity contribution in [1.82, 2.24) is 14.5 Å². The monoisotopic (exact) mass is 631 g/mol. The molecule has 0 aliphatic heterocycles. The molecule has 2 aromatic heterocycles. The first-order valence-corrected chi connectivity index (χ1v) is 14.0. The van der Waals surface area contributed by atoms with Gasteiger partial charge in [-0.25, -0.2) is 9.78 Å². The van der Waals surface area contributed by atoms with E-state index in [1.54, 1.807) is 30.5 Å². The van der Waals surface area contributed by atoms with E-state index in [2.05, 4.69) is 31.2 Å². The van der Waals surface area contributed by atoms with E-state index in [0.717, 1.165) is 19.3 Å². The molecule has 2 aliphatic carbocycles. The van der Waals surface area contributed by atoms with E-state index in [9.17, 15) is 19.5 Å². The summed E-state index contributed by atoms with van der Waals surface area (Å²) >= 11 is 15.6. The molecule has 0 bridgehead atoms. The molecular formula is C27H24BrCl2N5O4. The van der Waals surface area contributed by atoms with Crippen molar-refractivity contribution in [3.63, 3.8) is 0 Å². The summed E-state index contributed by atoms with van der Waals surface area (Å²) in [5, 5.41) is 13.6. The van der Waals surface area contributed by atoms with E-state index in [1.165, 1.54) is 29.5 Å². The lowest BCUT2D eigenvalue weighted by molar-refractivity contribution is -0.147. The molecule has 39 heavy (non-hydrogen) atoms. The maximum atomic E-state index is 13.0. The van der Waals surface area contributed by atoms with Crippen LogP contribution in [0, 0.1) is 5.41 Å². The maximum absolute atomic E-state index is 13.0. The standard InChI is InChI=1S/C27H24BrCl2N5O4/c28-21-22(26(23(21)36)8-2-1-3-9-26)34-27(25(38)39,35-11-10-31-15-35)12-16-4-6-17(7-5-16)33-24(37)20-18(29)13-32-14-19(20)30/h4-7,10-11,13-15,21H,1-3,8-9,12H2,(H,33,37)(H,38,39)/t21?,27-/m0/s1. The van der Waals surface area contributed by atoms with E-state index in [0.29, 0.717) is 29.8 Å². The Hall–Kier alpha value is -3.08. The van der Waals surface area contributed by atoms with Crippen LogP contribution in [-0.2, 0) is 21.7 Å². The van der Waals surface area contributed by atoms with Crippen molar-refractivity contribution in [3.05, 3.63) is 76.6 Å². The van der Waals surface area contributed by atoms with Gasteiger partial charge in [0.25, 0.3) is 5.91 Å². The number of alkyl halides is 1. The molecule has 202 valence electrons. The molecule has 2 fully saturated rings. The number of carboxylic acids is 1. The number of amides is 1. The molecule has 12 heteroatoms. The smallest absolute Gasteiger partial charge is 0.353 e. The van der Waals surface area contributed by atoms with Crippen molar-refractivity contribution in [3.8, 4) is 0 Å². The first kappa shape index (κ1) is 27.5. The Kier molecular flexibility index (Phi) is 7.63. The van der Waals surface area contributed by atoms with Gasteiger partial charge in [-0.1, -0.05) is 70.5 Å². The van der Waals surface area contributed by atoms with E-state index < -0.39 is 27.8 Å². The Labute approximate surface area is 242 Å². The Morgan fingerprint density at radius 1 is 1.13 bits per heavy atom. The Balaban J connectivity index is 1.46. The molecule has 1 aromatic carbocycles. The Bertz CT molecular complexity index is 1440. The van der Waals surface area contributed by atoms with E-state index in [-0.39, 0.29) is 27.8 Å². The van der Waals surface area contributed by atoms with Crippen LogP contribution in [0.25, 0.3) is 0 Å². The molecule has 1 amide bonds. The van der Waals surface area contributed by atoms with Crippen LogP contribution < -0.4 is 5.32 Å². The number of carbonyl (C=O) groups is 3. The third-order valence-electron chi connectivity index (χ3n) is 7.46. The summed E-state index contributed by atoms with van der Waals surface area (Å²) in [5.41, 5.74) is -0.660. The number of aliphatic imine (C=N–C) groups is 1. The lowest BCUT2D eigenvalue weighted by Gasteiger charge is -2.48. The first-order chi connectivity index (χ1) is 18.7. The number of hydrogen-bond acceptors (Lipinski definition) is 6. The number of aliphatic carboxylic acids is 1. The van der Waals surface area contributed by atoms with Crippen molar-refractivity contribution in [2.45, 2.75) is 49.0 Å². The van der Waals surface area contributed by atoms with E-state index in [1.807, 2.05) is 0 Å². The molecule has 2 heterocycles. The average Bonchev–Trinajstić information content (AvgIpc) is 3.47.